The lowest BCUT2D eigenvalue weighted by atomic mass is 11.2. The first-order valence-corrected chi connectivity index (χ1v) is 5.17. The Balaban J connectivity index is 4.59. The lowest BCUT2D eigenvalue weighted by Gasteiger charge is -2.05. The number of rotatable bonds is 2. The van der Waals surface area contributed by atoms with Gasteiger partial charge in [0.2, 0.25) is 0 Å². The maximum absolute atomic E-state index is 11.5. The molecule has 0 amide bonds. The van der Waals surface area contributed by atoms with Crippen molar-refractivity contribution < 1.29 is 25.8 Å². The first kappa shape index (κ1) is 12.2. The van der Waals surface area contributed by atoms with Crippen LogP contribution in [0.25, 0.3) is 0 Å². The van der Waals surface area contributed by atoms with Crippen molar-refractivity contribution in [2.45, 2.75) is 5.51 Å². The summed E-state index contributed by atoms with van der Waals surface area (Å²) in [4.78, 5) is 0. The number of halogens is 5. The minimum atomic E-state index is -5.53. The minimum absolute atomic E-state index is 0.0529. The summed E-state index contributed by atoms with van der Waals surface area (Å²) in [6, 6.07) is 0. The quantitative estimate of drug-likeness (QED) is 0.443. The fourth-order valence-electron chi connectivity index (χ4n) is 0.154. The molecule has 72 valence electrons. The van der Waals surface area contributed by atoms with E-state index in [0.29, 0.717) is 6.26 Å². The summed E-state index contributed by atoms with van der Waals surface area (Å²) in [6.07, 6.45) is 0.364. The highest BCUT2D eigenvalue weighted by molar-refractivity contribution is 9.28. The van der Waals surface area contributed by atoms with Crippen molar-refractivity contribution in [2.75, 3.05) is 0 Å². The summed E-state index contributed by atoms with van der Waals surface area (Å²) in [5, 5.41) is 0. The van der Waals surface area contributed by atoms with Crippen LogP contribution in [0.15, 0.2) is 9.65 Å². The normalized spacial score (nSPS) is 12.4. The average molecular weight is 334 g/mol. The van der Waals surface area contributed by atoms with Gasteiger partial charge >= 0.3 is 15.6 Å². The zero-order chi connectivity index (χ0) is 9.99. The summed E-state index contributed by atoms with van der Waals surface area (Å²) < 4.78 is 58.2. The molecule has 0 saturated heterocycles. The SMILES string of the molecule is O=S(=O)(OC=C(Br)Br)C(F)(F)F. The molecule has 0 atom stereocenters. The molecule has 0 aromatic carbocycles. The molecule has 0 unspecified atom stereocenters. The lowest BCUT2D eigenvalue weighted by Crippen LogP contribution is -2.23. The van der Waals surface area contributed by atoms with Gasteiger partial charge in [0.25, 0.3) is 0 Å². The molecular formula is C3HBr2F3O3S. The van der Waals surface area contributed by atoms with Crippen molar-refractivity contribution in [3.05, 3.63) is 9.65 Å². The lowest BCUT2D eigenvalue weighted by molar-refractivity contribution is -0.0514. The van der Waals surface area contributed by atoms with E-state index in [9.17, 15) is 21.6 Å². The number of hydrogen-bond donors (Lipinski definition) is 0. The second-order valence-electron chi connectivity index (χ2n) is 1.40. The maximum Gasteiger partial charge on any atom is 0.534 e. The van der Waals surface area contributed by atoms with E-state index in [-0.39, 0.29) is 3.39 Å². The van der Waals surface area contributed by atoms with Crippen LogP contribution in [0.5, 0.6) is 0 Å². The van der Waals surface area contributed by atoms with Crippen molar-refractivity contribution in [1.82, 2.24) is 0 Å². The summed E-state index contributed by atoms with van der Waals surface area (Å²) >= 11 is 5.23. The predicted octanol–water partition coefficient (Wildman–Crippen LogP) is 2.44. The van der Waals surface area contributed by atoms with Gasteiger partial charge in [-0.1, -0.05) is 0 Å². The van der Waals surface area contributed by atoms with Crippen LogP contribution in [0.1, 0.15) is 0 Å². The summed E-state index contributed by atoms with van der Waals surface area (Å²) in [7, 11) is -5.53. The molecule has 0 aromatic rings. The Morgan fingerprint density at radius 2 is 1.75 bits per heavy atom. The van der Waals surface area contributed by atoms with Gasteiger partial charge in [0, 0.05) is 0 Å². The van der Waals surface area contributed by atoms with E-state index >= 15 is 0 Å². The van der Waals surface area contributed by atoms with E-state index in [1.165, 1.54) is 0 Å². The molecule has 0 fully saturated rings. The first-order chi connectivity index (χ1) is 5.17. The standard InChI is InChI=1S/C3HBr2F3O3S/c4-2(5)1-11-12(9,10)3(6,7)8/h1H. The van der Waals surface area contributed by atoms with Crippen molar-refractivity contribution >= 4 is 42.0 Å². The van der Waals surface area contributed by atoms with Gasteiger partial charge in [-0.25, -0.2) is 0 Å². The van der Waals surface area contributed by atoms with Crippen LogP contribution >= 0.6 is 31.9 Å². The van der Waals surface area contributed by atoms with E-state index in [2.05, 4.69) is 36.0 Å². The Morgan fingerprint density at radius 1 is 1.33 bits per heavy atom. The molecular weight excluding hydrogens is 333 g/mol. The second-order valence-corrected chi connectivity index (χ2v) is 5.74. The first-order valence-electron chi connectivity index (χ1n) is 2.17. The highest BCUT2D eigenvalue weighted by Gasteiger charge is 2.47. The van der Waals surface area contributed by atoms with Crippen LogP contribution in [-0.4, -0.2) is 13.9 Å². The van der Waals surface area contributed by atoms with E-state index < -0.39 is 15.6 Å². The van der Waals surface area contributed by atoms with E-state index in [0.717, 1.165) is 0 Å². The van der Waals surface area contributed by atoms with Gasteiger partial charge in [-0.3, -0.25) is 0 Å². The largest absolute Gasteiger partial charge is 0.534 e. The van der Waals surface area contributed by atoms with Crippen molar-refractivity contribution in [2.24, 2.45) is 0 Å². The molecule has 12 heavy (non-hydrogen) atoms. The van der Waals surface area contributed by atoms with Crippen molar-refractivity contribution in [1.29, 1.82) is 0 Å². The van der Waals surface area contributed by atoms with Crippen LogP contribution in [0.3, 0.4) is 0 Å². The molecule has 0 rings (SSSR count). The molecule has 0 aromatic heterocycles. The third kappa shape index (κ3) is 3.76. The minimum Gasteiger partial charge on any atom is -0.382 e. The monoisotopic (exact) mass is 332 g/mol. The molecule has 0 aliphatic carbocycles. The molecule has 3 nitrogen and oxygen atoms in total. The molecule has 0 spiro atoms. The third-order valence-electron chi connectivity index (χ3n) is 0.547. The van der Waals surface area contributed by atoms with Crippen LogP contribution < -0.4 is 0 Å². The van der Waals surface area contributed by atoms with E-state index in [1.807, 2.05) is 0 Å². The Hall–Kier alpha value is 0.240. The Kier molecular flexibility index (Phi) is 4.04. The van der Waals surface area contributed by atoms with Crippen LogP contribution in [0.2, 0.25) is 0 Å². The number of alkyl halides is 3. The average Bonchev–Trinajstić information content (AvgIpc) is 1.81. The molecule has 0 N–H and O–H groups in total. The summed E-state index contributed by atoms with van der Waals surface area (Å²) in [6.45, 7) is 0. The van der Waals surface area contributed by atoms with Crippen molar-refractivity contribution in [3.63, 3.8) is 0 Å². The zero-order valence-corrected chi connectivity index (χ0v) is 9.09. The molecule has 9 heteroatoms. The fraction of sp³-hybridized carbons (Fsp3) is 0.333. The van der Waals surface area contributed by atoms with Crippen LogP contribution in [0, 0.1) is 0 Å². The molecule has 0 aliphatic heterocycles. The van der Waals surface area contributed by atoms with Gasteiger partial charge in [-0.15, -0.1) is 0 Å². The predicted molar refractivity (Wildman–Crippen MR) is 42.0 cm³/mol. The van der Waals surface area contributed by atoms with Gasteiger partial charge in [0.05, 0.1) is 3.39 Å². The zero-order valence-electron chi connectivity index (χ0n) is 5.10. The van der Waals surface area contributed by atoms with Crippen LogP contribution in [0.4, 0.5) is 13.2 Å². The number of hydrogen-bond acceptors (Lipinski definition) is 3. The van der Waals surface area contributed by atoms with Gasteiger partial charge in [0.1, 0.15) is 6.26 Å². The Labute approximate surface area is 83.0 Å². The maximum atomic E-state index is 11.5. The van der Waals surface area contributed by atoms with Crippen molar-refractivity contribution in [3.8, 4) is 0 Å². The van der Waals surface area contributed by atoms with E-state index in [1.54, 1.807) is 0 Å². The smallest absolute Gasteiger partial charge is 0.382 e. The molecule has 0 aliphatic rings. The third-order valence-corrected chi connectivity index (χ3v) is 1.84. The van der Waals surface area contributed by atoms with Crippen LogP contribution in [-0.2, 0) is 14.3 Å². The topological polar surface area (TPSA) is 43.4 Å². The van der Waals surface area contributed by atoms with Gasteiger partial charge in [-0.2, -0.15) is 21.6 Å². The Bertz CT molecular complexity index is 276. The van der Waals surface area contributed by atoms with Gasteiger partial charge in [0.15, 0.2) is 0 Å². The summed E-state index contributed by atoms with van der Waals surface area (Å²) in [5.41, 5.74) is -5.40. The summed E-state index contributed by atoms with van der Waals surface area (Å²) in [5.74, 6) is 0. The molecule has 0 heterocycles. The van der Waals surface area contributed by atoms with Gasteiger partial charge < -0.3 is 4.18 Å². The highest BCUT2D eigenvalue weighted by atomic mass is 79.9. The fourth-order valence-corrected chi connectivity index (χ4v) is 0.921. The Morgan fingerprint density at radius 3 is 2.00 bits per heavy atom. The highest BCUT2D eigenvalue weighted by Crippen LogP contribution is 2.26. The van der Waals surface area contributed by atoms with Gasteiger partial charge in [-0.05, 0) is 31.9 Å². The molecule has 0 saturated carbocycles. The molecule has 0 bridgehead atoms. The van der Waals surface area contributed by atoms with E-state index in [4.69, 9.17) is 0 Å². The molecule has 0 radical (unpaired) electrons. The second kappa shape index (κ2) is 3.97.